The predicted octanol–water partition coefficient (Wildman–Crippen LogP) is 3.32. The van der Waals surface area contributed by atoms with Crippen molar-refractivity contribution in [2.24, 2.45) is 0 Å². The molecule has 0 radical (unpaired) electrons. The van der Waals surface area contributed by atoms with Crippen molar-refractivity contribution in [2.45, 2.75) is 26.2 Å². The molecule has 2 aromatic rings. The standard InChI is InChI=1S/C13H15NO/c1-2-3-4-10-5-6-12-11(9-15)8-14-13(12)7-10/h5-9,14H,2-4H2,1H3. The summed E-state index contributed by atoms with van der Waals surface area (Å²) in [7, 11) is 0. The molecule has 2 rings (SSSR count). The summed E-state index contributed by atoms with van der Waals surface area (Å²) in [6.45, 7) is 2.19. The molecule has 0 amide bonds. The van der Waals surface area contributed by atoms with Crippen molar-refractivity contribution in [2.75, 3.05) is 0 Å². The Morgan fingerprint density at radius 3 is 3.00 bits per heavy atom. The maximum Gasteiger partial charge on any atom is 0.152 e. The van der Waals surface area contributed by atoms with E-state index in [2.05, 4.69) is 24.0 Å². The van der Waals surface area contributed by atoms with Crippen LogP contribution in [-0.4, -0.2) is 11.3 Å². The van der Waals surface area contributed by atoms with Crippen LogP contribution < -0.4 is 0 Å². The number of hydrogen-bond donors (Lipinski definition) is 1. The molecule has 2 nitrogen and oxygen atoms in total. The topological polar surface area (TPSA) is 32.9 Å². The van der Waals surface area contributed by atoms with Crippen LogP contribution >= 0.6 is 0 Å². The SMILES string of the molecule is CCCCc1ccc2c(C=O)c[nH]c2c1. The van der Waals surface area contributed by atoms with Crippen LogP contribution in [0.3, 0.4) is 0 Å². The molecule has 1 N–H and O–H groups in total. The van der Waals surface area contributed by atoms with Gasteiger partial charge in [-0.15, -0.1) is 0 Å². The second-order valence-corrected chi connectivity index (χ2v) is 3.85. The lowest BCUT2D eigenvalue weighted by Gasteiger charge is -1.99. The van der Waals surface area contributed by atoms with Crippen LogP contribution in [0.25, 0.3) is 10.9 Å². The average Bonchev–Trinajstić information content (AvgIpc) is 2.68. The Morgan fingerprint density at radius 1 is 1.40 bits per heavy atom. The van der Waals surface area contributed by atoms with E-state index in [1.807, 2.05) is 6.07 Å². The summed E-state index contributed by atoms with van der Waals surface area (Å²) in [6, 6.07) is 6.28. The number of aldehydes is 1. The third-order valence-electron chi connectivity index (χ3n) is 2.72. The molecule has 78 valence electrons. The lowest BCUT2D eigenvalue weighted by molar-refractivity contribution is 0.112. The predicted molar refractivity (Wildman–Crippen MR) is 62.3 cm³/mol. The average molecular weight is 201 g/mol. The zero-order valence-electron chi connectivity index (χ0n) is 8.92. The minimum Gasteiger partial charge on any atom is -0.360 e. The number of nitrogens with one attached hydrogen (secondary N) is 1. The molecule has 2 heteroatoms. The van der Waals surface area contributed by atoms with Crippen molar-refractivity contribution in [3.63, 3.8) is 0 Å². The molecule has 0 unspecified atom stereocenters. The Balaban J connectivity index is 2.35. The molecule has 1 aromatic carbocycles. The van der Waals surface area contributed by atoms with Gasteiger partial charge in [-0.2, -0.15) is 0 Å². The molecular formula is C13H15NO. The number of aromatic amines is 1. The number of H-pyrrole nitrogens is 1. The van der Waals surface area contributed by atoms with Crippen molar-refractivity contribution in [3.8, 4) is 0 Å². The van der Waals surface area contributed by atoms with E-state index in [1.54, 1.807) is 6.20 Å². The van der Waals surface area contributed by atoms with E-state index in [0.29, 0.717) is 0 Å². The summed E-state index contributed by atoms with van der Waals surface area (Å²) in [5, 5.41) is 1.02. The first-order valence-corrected chi connectivity index (χ1v) is 5.40. The smallest absolute Gasteiger partial charge is 0.152 e. The van der Waals surface area contributed by atoms with Gasteiger partial charge in [0.25, 0.3) is 0 Å². The molecule has 15 heavy (non-hydrogen) atoms. The molecule has 0 saturated carbocycles. The third-order valence-corrected chi connectivity index (χ3v) is 2.72. The highest BCUT2D eigenvalue weighted by Gasteiger charge is 2.02. The van der Waals surface area contributed by atoms with Crippen molar-refractivity contribution in [1.29, 1.82) is 0 Å². The Labute approximate surface area is 89.3 Å². The highest BCUT2D eigenvalue weighted by molar-refractivity contribution is 5.97. The minimum atomic E-state index is 0.743. The molecule has 0 aliphatic rings. The second kappa shape index (κ2) is 4.30. The Hall–Kier alpha value is -1.57. The number of aromatic nitrogens is 1. The van der Waals surface area contributed by atoms with Gasteiger partial charge in [0.05, 0.1) is 0 Å². The summed E-state index contributed by atoms with van der Waals surface area (Å²) in [5.74, 6) is 0. The molecule has 0 saturated heterocycles. The van der Waals surface area contributed by atoms with Crippen LogP contribution in [0.4, 0.5) is 0 Å². The quantitative estimate of drug-likeness (QED) is 0.756. The van der Waals surface area contributed by atoms with Crippen molar-refractivity contribution < 1.29 is 4.79 Å². The number of hydrogen-bond acceptors (Lipinski definition) is 1. The van der Waals surface area contributed by atoms with Crippen LogP contribution in [-0.2, 0) is 6.42 Å². The molecule has 0 aliphatic heterocycles. The summed E-state index contributed by atoms with van der Waals surface area (Å²) < 4.78 is 0. The molecule has 1 heterocycles. The second-order valence-electron chi connectivity index (χ2n) is 3.85. The van der Waals surface area contributed by atoms with Gasteiger partial charge in [-0.05, 0) is 24.5 Å². The largest absolute Gasteiger partial charge is 0.360 e. The molecule has 0 atom stereocenters. The molecule has 0 spiro atoms. The van der Waals surface area contributed by atoms with Gasteiger partial charge in [-0.3, -0.25) is 4.79 Å². The summed E-state index contributed by atoms with van der Waals surface area (Å²) in [5.41, 5.74) is 3.14. The van der Waals surface area contributed by atoms with Gasteiger partial charge in [0.15, 0.2) is 6.29 Å². The van der Waals surface area contributed by atoms with E-state index in [4.69, 9.17) is 0 Å². The monoisotopic (exact) mass is 201 g/mol. The van der Waals surface area contributed by atoms with Crippen LogP contribution in [0.5, 0.6) is 0 Å². The Morgan fingerprint density at radius 2 is 2.27 bits per heavy atom. The number of rotatable bonds is 4. The Kier molecular flexibility index (Phi) is 2.86. The van der Waals surface area contributed by atoms with Crippen molar-refractivity contribution >= 4 is 17.2 Å². The van der Waals surface area contributed by atoms with E-state index in [0.717, 1.165) is 29.2 Å². The number of aryl methyl sites for hydroxylation is 1. The first-order chi connectivity index (χ1) is 7.35. The zero-order chi connectivity index (χ0) is 10.7. The zero-order valence-corrected chi connectivity index (χ0v) is 8.92. The highest BCUT2D eigenvalue weighted by Crippen LogP contribution is 2.19. The van der Waals surface area contributed by atoms with Crippen molar-refractivity contribution in [1.82, 2.24) is 4.98 Å². The van der Waals surface area contributed by atoms with E-state index in [1.165, 1.54) is 18.4 Å². The van der Waals surface area contributed by atoms with Gasteiger partial charge in [-0.1, -0.05) is 25.5 Å². The summed E-state index contributed by atoms with van der Waals surface area (Å²) >= 11 is 0. The number of carbonyl (C=O) groups is 1. The van der Waals surface area contributed by atoms with Crippen LogP contribution in [0.15, 0.2) is 24.4 Å². The summed E-state index contributed by atoms with van der Waals surface area (Å²) in [6.07, 6.45) is 6.20. The summed E-state index contributed by atoms with van der Waals surface area (Å²) in [4.78, 5) is 13.8. The normalized spacial score (nSPS) is 10.7. The first-order valence-electron chi connectivity index (χ1n) is 5.40. The lowest BCUT2D eigenvalue weighted by Crippen LogP contribution is -1.84. The van der Waals surface area contributed by atoms with Gasteiger partial charge >= 0.3 is 0 Å². The maximum atomic E-state index is 10.7. The van der Waals surface area contributed by atoms with Gasteiger partial charge in [-0.25, -0.2) is 0 Å². The van der Waals surface area contributed by atoms with Crippen LogP contribution in [0, 0.1) is 0 Å². The number of carbonyl (C=O) groups excluding carboxylic acids is 1. The van der Waals surface area contributed by atoms with Crippen molar-refractivity contribution in [3.05, 3.63) is 35.5 Å². The first kappa shape index (κ1) is 9.97. The molecule has 1 aromatic heterocycles. The molecule has 0 bridgehead atoms. The number of fused-ring (bicyclic) bond motifs is 1. The van der Waals surface area contributed by atoms with E-state index in [-0.39, 0.29) is 0 Å². The van der Waals surface area contributed by atoms with Crippen LogP contribution in [0.2, 0.25) is 0 Å². The molecular weight excluding hydrogens is 186 g/mol. The van der Waals surface area contributed by atoms with Crippen LogP contribution in [0.1, 0.15) is 35.7 Å². The fraction of sp³-hybridized carbons (Fsp3) is 0.308. The van der Waals surface area contributed by atoms with Gasteiger partial charge < -0.3 is 4.98 Å². The number of unbranched alkanes of at least 4 members (excludes halogenated alkanes) is 1. The van der Waals surface area contributed by atoms with Gasteiger partial charge in [0, 0.05) is 22.7 Å². The van der Waals surface area contributed by atoms with E-state index >= 15 is 0 Å². The maximum absolute atomic E-state index is 10.7. The van der Waals surface area contributed by atoms with Gasteiger partial charge in [0.2, 0.25) is 0 Å². The molecule has 0 fully saturated rings. The molecule has 0 aliphatic carbocycles. The lowest BCUT2D eigenvalue weighted by atomic mass is 10.1. The highest BCUT2D eigenvalue weighted by atomic mass is 16.1. The fourth-order valence-corrected chi connectivity index (χ4v) is 1.83. The third kappa shape index (κ3) is 1.94. The fourth-order valence-electron chi connectivity index (χ4n) is 1.83. The van der Waals surface area contributed by atoms with E-state index < -0.39 is 0 Å². The van der Waals surface area contributed by atoms with E-state index in [9.17, 15) is 4.79 Å². The Bertz CT molecular complexity index is 470. The number of benzene rings is 1. The minimum absolute atomic E-state index is 0.743. The van der Waals surface area contributed by atoms with Gasteiger partial charge in [0.1, 0.15) is 0 Å².